The monoisotopic (exact) mass is 404 g/mol. The van der Waals surface area contributed by atoms with Crippen LogP contribution in [0.15, 0.2) is 46.6 Å². The molecule has 0 aromatic heterocycles. The van der Waals surface area contributed by atoms with Crippen LogP contribution in [-0.2, 0) is 33.3 Å². The highest BCUT2D eigenvalue weighted by molar-refractivity contribution is 5.94. The van der Waals surface area contributed by atoms with Crippen molar-refractivity contribution in [2.24, 2.45) is 0 Å². The molecular weight excluding hydrogens is 380 g/mol. The van der Waals surface area contributed by atoms with Crippen LogP contribution in [0.25, 0.3) is 0 Å². The molecule has 0 saturated heterocycles. The Morgan fingerprint density at radius 2 is 1.97 bits per heavy atom. The van der Waals surface area contributed by atoms with Gasteiger partial charge in [0.1, 0.15) is 18.8 Å². The third-order valence-electron chi connectivity index (χ3n) is 4.93. The Kier molecular flexibility index (Phi) is 5.51. The molecule has 4 atom stereocenters. The van der Waals surface area contributed by atoms with Gasteiger partial charge >= 0.3 is 17.9 Å². The normalized spacial score (nSPS) is 32.7. The Morgan fingerprint density at radius 1 is 1.28 bits per heavy atom. The summed E-state index contributed by atoms with van der Waals surface area (Å²) in [6, 6.07) is 0. The first-order valence-electron chi connectivity index (χ1n) is 9.22. The minimum atomic E-state index is -1.65. The largest absolute Gasteiger partial charge is 0.461 e. The van der Waals surface area contributed by atoms with Crippen molar-refractivity contribution >= 4 is 17.9 Å². The summed E-state index contributed by atoms with van der Waals surface area (Å²) in [6.45, 7) is 9.52. The highest BCUT2D eigenvalue weighted by atomic mass is 16.7. The van der Waals surface area contributed by atoms with Gasteiger partial charge in [-0.05, 0) is 38.5 Å². The van der Waals surface area contributed by atoms with Gasteiger partial charge in [-0.2, -0.15) is 0 Å². The van der Waals surface area contributed by atoms with Crippen molar-refractivity contribution in [2.45, 2.75) is 58.2 Å². The molecule has 1 N–H and O–H groups in total. The molecule has 0 aromatic rings. The van der Waals surface area contributed by atoms with Crippen LogP contribution in [0.1, 0.15) is 34.1 Å². The topological polar surface area (TPSA) is 108 Å². The van der Waals surface area contributed by atoms with Gasteiger partial charge in [-0.3, -0.25) is 4.79 Å². The molecule has 0 amide bonds. The lowest BCUT2D eigenvalue weighted by atomic mass is 9.89. The molecule has 8 nitrogen and oxygen atoms in total. The van der Waals surface area contributed by atoms with E-state index in [1.54, 1.807) is 19.9 Å². The van der Waals surface area contributed by atoms with Gasteiger partial charge in [0.25, 0.3) is 0 Å². The number of aliphatic hydroxyl groups is 1. The maximum atomic E-state index is 12.6. The van der Waals surface area contributed by atoms with Crippen LogP contribution in [0.5, 0.6) is 0 Å². The quantitative estimate of drug-likeness (QED) is 0.326. The van der Waals surface area contributed by atoms with E-state index in [1.165, 1.54) is 19.9 Å². The first kappa shape index (κ1) is 21.0. The molecular formula is C21H24O8. The predicted molar refractivity (Wildman–Crippen MR) is 100 cm³/mol. The van der Waals surface area contributed by atoms with Crippen LogP contribution in [-0.4, -0.2) is 53.7 Å². The number of hydrogen-bond acceptors (Lipinski definition) is 8. The summed E-state index contributed by atoms with van der Waals surface area (Å²) in [6.07, 6.45) is 0.694. The van der Waals surface area contributed by atoms with E-state index in [1.807, 2.05) is 0 Å². The smallest absolute Gasteiger partial charge is 0.338 e. The number of hydrogen-bond donors (Lipinski definition) is 1. The molecule has 0 spiro atoms. The van der Waals surface area contributed by atoms with Gasteiger partial charge in [-0.25, -0.2) is 9.59 Å². The maximum Gasteiger partial charge on any atom is 0.338 e. The van der Waals surface area contributed by atoms with Crippen molar-refractivity contribution in [3.63, 3.8) is 0 Å². The first-order chi connectivity index (χ1) is 13.5. The molecule has 156 valence electrons. The van der Waals surface area contributed by atoms with E-state index in [4.69, 9.17) is 18.9 Å². The third-order valence-corrected chi connectivity index (χ3v) is 4.93. The van der Waals surface area contributed by atoms with Crippen molar-refractivity contribution in [3.05, 3.63) is 46.6 Å². The van der Waals surface area contributed by atoms with Crippen LogP contribution < -0.4 is 0 Å². The van der Waals surface area contributed by atoms with E-state index in [-0.39, 0.29) is 24.2 Å². The maximum absolute atomic E-state index is 12.6. The molecule has 0 aromatic carbocycles. The first-order valence-corrected chi connectivity index (χ1v) is 9.22. The van der Waals surface area contributed by atoms with Gasteiger partial charge in [0.05, 0.1) is 5.57 Å². The summed E-state index contributed by atoms with van der Waals surface area (Å²) in [5.74, 6) is -3.53. The molecule has 0 unspecified atom stereocenters. The van der Waals surface area contributed by atoms with Gasteiger partial charge in [-0.15, -0.1) is 0 Å². The number of rotatable bonds is 4. The summed E-state index contributed by atoms with van der Waals surface area (Å²) in [5.41, 5.74) is 2.00. The summed E-state index contributed by atoms with van der Waals surface area (Å²) >= 11 is 0. The van der Waals surface area contributed by atoms with Crippen LogP contribution in [0.2, 0.25) is 0 Å². The summed E-state index contributed by atoms with van der Waals surface area (Å²) < 4.78 is 22.0. The fourth-order valence-corrected chi connectivity index (χ4v) is 3.72. The number of fused-ring (bicyclic) bond motifs is 4. The molecule has 3 heterocycles. The van der Waals surface area contributed by atoms with Crippen LogP contribution in [0.4, 0.5) is 0 Å². The van der Waals surface area contributed by atoms with Crippen molar-refractivity contribution in [1.82, 2.24) is 0 Å². The van der Waals surface area contributed by atoms with E-state index >= 15 is 0 Å². The number of ether oxygens (including phenoxy) is 4. The standard InChI is InChI=1S/C21H24O8/c1-10(2)19(23)27-15-6-11(3)7-21(25)8-12(4)17(29-21)18-16(15)14(20(24)28-18)9-26-13(5)22/h7-8,15,17-18,25H,1,6,9H2,2-5H3/b11-7-/t15-,17+,18+,21+/m1/s1. The van der Waals surface area contributed by atoms with Crippen LogP contribution in [0.3, 0.4) is 0 Å². The zero-order valence-electron chi connectivity index (χ0n) is 16.8. The second-order valence-corrected chi connectivity index (χ2v) is 7.59. The number of carbonyl (C=O) groups is 3. The lowest BCUT2D eigenvalue weighted by molar-refractivity contribution is -0.170. The molecule has 29 heavy (non-hydrogen) atoms. The minimum Gasteiger partial charge on any atom is -0.461 e. The summed E-state index contributed by atoms with van der Waals surface area (Å²) in [5, 5.41) is 10.8. The summed E-state index contributed by atoms with van der Waals surface area (Å²) in [7, 11) is 0. The molecule has 0 fully saturated rings. The highest BCUT2D eigenvalue weighted by Gasteiger charge is 2.50. The lowest BCUT2D eigenvalue weighted by Gasteiger charge is -2.27. The van der Waals surface area contributed by atoms with Crippen molar-refractivity contribution in [3.8, 4) is 0 Å². The Hall–Kier alpha value is -2.71. The zero-order valence-corrected chi connectivity index (χ0v) is 16.8. The lowest BCUT2D eigenvalue weighted by Crippen LogP contribution is -2.37. The average Bonchev–Trinajstić information content (AvgIpc) is 3.07. The van der Waals surface area contributed by atoms with Gasteiger partial charge in [0.15, 0.2) is 6.10 Å². The van der Waals surface area contributed by atoms with E-state index in [0.717, 1.165) is 0 Å². The van der Waals surface area contributed by atoms with Gasteiger partial charge < -0.3 is 24.1 Å². The highest BCUT2D eigenvalue weighted by Crippen LogP contribution is 2.41. The van der Waals surface area contributed by atoms with E-state index in [2.05, 4.69) is 6.58 Å². The molecule has 3 aliphatic heterocycles. The van der Waals surface area contributed by atoms with Gasteiger partial charge in [0.2, 0.25) is 5.79 Å². The molecule has 0 radical (unpaired) electrons. The Labute approximate surface area is 168 Å². The number of carbonyl (C=O) groups excluding carboxylic acids is 3. The predicted octanol–water partition coefficient (Wildman–Crippen LogP) is 1.64. The fourth-order valence-electron chi connectivity index (χ4n) is 3.72. The fraction of sp³-hybridized carbons (Fsp3) is 0.476. The van der Waals surface area contributed by atoms with Crippen LogP contribution >= 0.6 is 0 Å². The van der Waals surface area contributed by atoms with E-state index < -0.39 is 42.0 Å². The van der Waals surface area contributed by atoms with Crippen LogP contribution in [0, 0.1) is 0 Å². The molecule has 3 rings (SSSR count). The van der Waals surface area contributed by atoms with Crippen molar-refractivity contribution < 1.29 is 38.4 Å². The SMILES string of the molecule is C=C(C)C(=O)O[C@@H]1C/C(C)=C\[C@@]2(O)C=C(C)[C@H](O2)[C@H]2OC(=O)C(COC(C)=O)=C12. The Bertz CT molecular complexity index is 877. The van der Waals surface area contributed by atoms with E-state index in [9.17, 15) is 19.5 Å². The zero-order chi connectivity index (χ0) is 21.5. The number of esters is 3. The van der Waals surface area contributed by atoms with Gasteiger partial charge in [0, 0.05) is 24.5 Å². The molecule has 2 bridgehead atoms. The average molecular weight is 404 g/mol. The molecule has 0 aliphatic carbocycles. The molecule has 8 heteroatoms. The molecule has 3 aliphatic rings. The van der Waals surface area contributed by atoms with Gasteiger partial charge in [-0.1, -0.05) is 12.2 Å². The summed E-state index contributed by atoms with van der Waals surface area (Å²) in [4.78, 5) is 36.2. The van der Waals surface area contributed by atoms with Crippen molar-refractivity contribution in [2.75, 3.05) is 6.61 Å². The van der Waals surface area contributed by atoms with E-state index in [0.29, 0.717) is 16.7 Å². The second-order valence-electron chi connectivity index (χ2n) is 7.59. The Morgan fingerprint density at radius 3 is 2.59 bits per heavy atom. The minimum absolute atomic E-state index is 0.103. The van der Waals surface area contributed by atoms with Crippen molar-refractivity contribution in [1.29, 1.82) is 0 Å². The Balaban J connectivity index is 2.12. The third kappa shape index (κ3) is 4.18. The molecule has 0 saturated carbocycles. The second kappa shape index (κ2) is 7.61.